The van der Waals surface area contributed by atoms with E-state index in [0.29, 0.717) is 18.7 Å². The Balaban J connectivity index is 1.57. The number of hydrogen-bond donors (Lipinski definition) is 2. The molecule has 0 spiro atoms. The van der Waals surface area contributed by atoms with E-state index >= 15 is 0 Å². The summed E-state index contributed by atoms with van der Waals surface area (Å²) in [7, 11) is 1.59. The van der Waals surface area contributed by atoms with Crippen LogP contribution in [0.15, 0.2) is 34.9 Å². The van der Waals surface area contributed by atoms with Gasteiger partial charge in [0.1, 0.15) is 17.8 Å². The standard InChI is InChI=1S/C17H20N2O6/c1-23-11-2-4-12(5-3-11)24-10-16-18-13(9-25-16)17(22)19-7-6-14(20)15(21)8-19/h2-5,9,14-15,20-21H,6-8,10H2,1H3/t14-,15-/m1/s1. The molecule has 1 aromatic heterocycles. The molecule has 2 atom stereocenters. The lowest BCUT2D eigenvalue weighted by molar-refractivity contribution is -0.0323. The van der Waals surface area contributed by atoms with Crippen LogP contribution in [-0.2, 0) is 6.61 Å². The first-order chi connectivity index (χ1) is 12.1. The number of aliphatic hydroxyl groups excluding tert-OH is 2. The highest BCUT2D eigenvalue weighted by Gasteiger charge is 2.30. The fraction of sp³-hybridized carbons (Fsp3) is 0.412. The van der Waals surface area contributed by atoms with Crippen molar-refractivity contribution >= 4 is 5.91 Å². The van der Waals surface area contributed by atoms with Crippen molar-refractivity contribution in [2.24, 2.45) is 0 Å². The van der Waals surface area contributed by atoms with E-state index in [1.165, 1.54) is 11.2 Å². The van der Waals surface area contributed by atoms with Crippen LogP contribution >= 0.6 is 0 Å². The van der Waals surface area contributed by atoms with Gasteiger partial charge in [-0.1, -0.05) is 0 Å². The van der Waals surface area contributed by atoms with Crippen molar-refractivity contribution in [3.8, 4) is 11.5 Å². The number of methoxy groups -OCH3 is 1. The van der Waals surface area contributed by atoms with Gasteiger partial charge in [0, 0.05) is 13.1 Å². The average molecular weight is 348 g/mol. The number of hydrogen-bond acceptors (Lipinski definition) is 7. The molecule has 2 N–H and O–H groups in total. The Morgan fingerprint density at radius 3 is 2.68 bits per heavy atom. The zero-order valence-electron chi connectivity index (χ0n) is 13.8. The van der Waals surface area contributed by atoms with Crippen molar-refractivity contribution in [3.05, 3.63) is 42.1 Å². The average Bonchev–Trinajstić information content (AvgIpc) is 3.11. The maximum Gasteiger partial charge on any atom is 0.275 e. The van der Waals surface area contributed by atoms with Crippen molar-refractivity contribution in [2.45, 2.75) is 25.2 Å². The maximum absolute atomic E-state index is 12.4. The summed E-state index contributed by atoms with van der Waals surface area (Å²) < 4.78 is 15.9. The Labute approximate surface area is 144 Å². The first-order valence-corrected chi connectivity index (χ1v) is 7.93. The quantitative estimate of drug-likeness (QED) is 0.824. The van der Waals surface area contributed by atoms with Gasteiger partial charge >= 0.3 is 0 Å². The normalized spacial score (nSPS) is 20.4. The fourth-order valence-corrected chi connectivity index (χ4v) is 2.56. The number of aliphatic hydroxyl groups is 2. The molecular formula is C17H20N2O6. The highest BCUT2D eigenvalue weighted by atomic mass is 16.5. The minimum Gasteiger partial charge on any atom is -0.497 e. The van der Waals surface area contributed by atoms with Gasteiger partial charge in [-0.15, -0.1) is 0 Å². The molecule has 1 aliphatic heterocycles. The van der Waals surface area contributed by atoms with Crippen molar-refractivity contribution in [2.75, 3.05) is 20.2 Å². The van der Waals surface area contributed by atoms with Gasteiger partial charge in [0.2, 0.25) is 5.89 Å². The molecule has 0 radical (unpaired) electrons. The Morgan fingerprint density at radius 1 is 1.28 bits per heavy atom. The summed E-state index contributed by atoms with van der Waals surface area (Å²) in [6.07, 6.45) is -0.137. The van der Waals surface area contributed by atoms with Crippen LogP contribution in [-0.4, -0.2) is 58.4 Å². The van der Waals surface area contributed by atoms with Crippen LogP contribution in [0.1, 0.15) is 22.8 Å². The third-order valence-electron chi connectivity index (χ3n) is 4.03. The summed E-state index contributed by atoms with van der Waals surface area (Å²) in [5.74, 6) is 1.28. The summed E-state index contributed by atoms with van der Waals surface area (Å²) in [5.41, 5.74) is 0.150. The molecule has 2 aromatic rings. The van der Waals surface area contributed by atoms with E-state index < -0.39 is 12.2 Å². The van der Waals surface area contributed by atoms with E-state index in [9.17, 15) is 15.0 Å². The van der Waals surface area contributed by atoms with Gasteiger partial charge in [-0.2, -0.15) is 0 Å². The molecule has 1 aliphatic rings. The van der Waals surface area contributed by atoms with Crippen molar-refractivity contribution in [1.29, 1.82) is 0 Å². The summed E-state index contributed by atoms with van der Waals surface area (Å²) in [6, 6.07) is 7.06. The SMILES string of the molecule is COc1ccc(OCc2nc(C(=O)N3CC[C@@H](O)[C@H](O)C3)co2)cc1. The number of likely N-dealkylation sites (tertiary alicyclic amines) is 1. The molecule has 1 saturated heterocycles. The molecule has 0 unspecified atom stereocenters. The second-order valence-electron chi connectivity index (χ2n) is 5.77. The van der Waals surface area contributed by atoms with Crippen LogP contribution in [0.5, 0.6) is 11.5 Å². The molecule has 134 valence electrons. The van der Waals surface area contributed by atoms with Crippen molar-refractivity contribution < 1.29 is 28.9 Å². The minimum absolute atomic E-state index is 0.0739. The number of benzene rings is 1. The summed E-state index contributed by atoms with van der Waals surface area (Å²) >= 11 is 0. The van der Waals surface area contributed by atoms with Crippen LogP contribution < -0.4 is 9.47 Å². The summed E-state index contributed by atoms with van der Waals surface area (Å²) in [5, 5.41) is 19.2. The summed E-state index contributed by atoms with van der Waals surface area (Å²) in [4.78, 5) is 17.9. The third-order valence-corrected chi connectivity index (χ3v) is 4.03. The number of rotatable bonds is 5. The number of ether oxygens (including phenoxy) is 2. The lowest BCUT2D eigenvalue weighted by Crippen LogP contribution is -2.49. The molecule has 8 heteroatoms. The van der Waals surface area contributed by atoms with E-state index in [1.807, 2.05) is 0 Å². The number of oxazole rings is 1. The predicted molar refractivity (Wildman–Crippen MR) is 86.4 cm³/mol. The van der Waals surface area contributed by atoms with Crippen LogP contribution in [0.3, 0.4) is 0 Å². The van der Waals surface area contributed by atoms with Gasteiger partial charge in [-0.25, -0.2) is 4.98 Å². The van der Waals surface area contributed by atoms with Gasteiger partial charge in [0.25, 0.3) is 5.91 Å². The fourth-order valence-electron chi connectivity index (χ4n) is 2.56. The Bertz CT molecular complexity index is 714. The number of nitrogens with zero attached hydrogens (tertiary/aromatic N) is 2. The molecular weight excluding hydrogens is 328 g/mol. The molecule has 2 heterocycles. The molecule has 0 aliphatic carbocycles. The lowest BCUT2D eigenvalue weighted by atomic mass is 10.0. The van der Waals surface area contributed by atoms with Crippen molar-refractivity contribution in [3.63, 3.8) is 0 Å². The lowest BCUT2D eigenvalue weighted by Gasteiger charge is -2.32. The van der Waals surface area contributed by atoms with Crippen LogP contribution in [0.4, 0.5) is 0 Å². The maximum atomic E-state index is 12.4. The molecule has 1 fully saturated rings. The van der Waals surface area contributed by atoms with E-state index in [1.54, 1.807) is 31.4 Å². The molecule has 1 amide bonds. The number of aromatic nitrogens is 1. The highest BCUT2D eigenvalue weighted by Crippen LogP contribution is 2.19. The topological polar surface area (TPSA) is 105 Å². The van der Waals surface area contributed by atoms with Crippen LogP contribution in [0.2, 0.25) is 0 Å². The van der Waals surface area contributed by atoms with Gasteiger partial charge in [0.05, 0.1) is 19.3 Å². The highest BCUT2D eigenvalue weighted by molar-refractivity contribution is 5.92. The van der Waals surface area contributed by atoms with Gasteiger partial charge in [-0.3, -0.25) is 4.79 Å². The smallest absolute Gasteiger partial charge is 0.275 e. The Hall–Kier alpha value is -2.58. The zero-order valence-corrected chi connectivity index (χ0v) is 13.8. The number of carbonyl (C=O) groups excluding carboxylic acids is 1. The monoisotopic (exact) mass is 348 g/mol. The second-order valence-corrected chi connectivity index (χ2v) is 5.77. The predicted octanol–water partition coefficient (Wildman–Crippen LogP) is 0.830. The Kier molecular flexibility index (Phi) is 5.20. The number of carbonyl (C=O) groups is 1. The van der Waals surface area contributed by atoms with E-state index in [0.717, 1.165) is 5.75 Å². The molecule has 25 heavy (non-hydrogen) atoms. The van der Waals surface area contributed by atoms with Crippen molar-refractivity contribution in [1.82, 2.24) is 9.88 Å². The second kappa shape index (κ2) is 7.54. The zero-order chi connectivity index (χ0) is 17.8. The van der Waals surface area contributed by atoms with E-state index in [2.05, 4.69) is 4.98 Å². The number of piperidine rings is 1. The first-order valence-electron chi connectivity index (χ1n) is 7.93. The van der Waals surface area contributed by atoms with E-state index in [-0.39, 0.29) is 30.6 Å². The Morgan fingerprint density at radius 2 is 2.00 bits per heavy atom. The van der Waals surface area contributed by atoms with Gasteiger partial charge < -0.3 is 29.0 Å². The first kappa shape index (κ1) is 17.2. The molecule has 0 saturated carbocycles. The largest absolute Gasteiger partial charge is 0.497 e. The van der Waals surface area contributed by atoms with E-state index in [4.69, 9.17) is 13.9 Å². The molecule has 8 nitrogen and oxygen atoms in total. The summed E-state index contributed by atoms with van der Waals surface area (Å²) in [6.45, 7) is 0.521. The molecule has 0 bridgehead atoms. The van der Waals surface area contributed by atoms with Crippen LogP contribution in [0, 0.1) is 0 Å². The van der Waals surface area contributed by atoms with Crippen LogP contribution in [0.25, 0.3) is 0 Å². The molecule has 3 rings (SSSR count). The minimum atomic E-state index is -0.942. The number of amides is 1. The number of β-amino-alcohol motifs (C(OH)–C–C–N with tert-alkyl or cyclic N) is 1. The van der Waals surface area contributed by atoms with Gasteiger partial charge in [0.15, 0.2) is 12.3 Å². The molecule has 1 aromatic carbocycles. The van der Waals surface area contributed by atoms with Gasteiger partial charge in [-0.05, 0) is 30.7 Å². The third kappa shape index (κ3) is 4.09.